The Labute approximate surface area is 158 Å². The Morgan fingerprint density at radius 3 is 2.44 bits per heavy atom. The van der Waals surface area contributed by atoms with Crippen LogP contribution in [-0.2, 0) is 14.3 Å². The molecule has 3 saturated heterocycles. The van der Waals surface area contributed by atoms with Gasteiger partial charge in [0, 0.05) is 38.0 Å². The number of amides is 2. The first-order valence-corrected chi connectivity index (χ1v) is 9.59. The number of ether oxygens (including phenoxy) is 2. The lowest BCUT2D eigenvalue weighted by atomic mass is 9.91. The monoisotopic (exact) mass is 372 g/mol. The smallest absolute Gasteiger partial charge is 0.430 e. The lowest BCUT2D eigenvalue weighted by Crippen LogP contribution is -2.56. The van der Waals surface area contributed by atoms with Gasteiger partial charge in [0.05, 0.1) is 0 Å². The third-order valence-electron chi connectivity index (χ3n) is 5.81. The molecule has 1 aromatic carbocycles. The SMILES string of the molecule is O=C1OCC2(CCN(C(=O)[C@@H]3CCCCN3C(=O)c3ccccc3)CC2)O1. The van der Waals surface area contributed by atoms with Crippen molar-refractivity contribution in [2.45, 2.75) is 43.7 Å². The molecule has 7 nitrogen and oxygen atoms in total. The lowest BCUT2D eigenvalue weighted by Gasteiger charge is -2.41. The predicted octanol–water partition coefficient (Wildman–Crippen LogP) is 2.21. The average Bonchev–Trinajstić information content (AvgIpc) is 3.08. The van der Waals surface area contributed by atoms with Crippen LogP contribution in [0.2, 0.25) is 0 Å². The summed E-state index contributed by atoms with van der Waals surface area (Å²) in [5.74, 6) is -0.0840. The average molecular weight is 372 g/mol. The Bertz CT molecular complexity index is 727. The van der Waals surface area contributed by atoms with Gasteiger partial charge in [-0.2, -0.15) is 0 Å². The molecule has 3 fully saturated rings. The number of piperidine rings is 2. The van der Waals surface area contributed by atoms with Crippen LogP contribution in [0.15, 0.2) is 30.3 Å². The van der Waals surface area contributed by atoms with Gasteiger partial charge in [0.1, 0.15) is 12.6 Å². The summed E-state index contributed by atoms with van der Waals surface area (Å²) in [5, 5.41) is 0. The summed E-state index contributed by atoms with van der Waals surface area (Å²) in [7, 11) is 0. The minimum absolute atomic E-state index is 0.000858. The molecule has 7 heteroatoms. The molecule has 27 heavy (non-hydrogen) atoms. The number of cyclic esters (lactones) is 1. The molecule has 0 unspecified atom stereocenters. The number of carbonyl (C=O) groups is 3. The van der Waals surface area contributed by atoms with Crippen molar-refractivity contribution in [2.24, 2.45) is 0 Å². The number of benzene rings is 1. The van der Waals surface area contributed by atoms with E-state index in [4.69, 9.17) is 9.47 Å². The highest BCUT2D eigenvalue weighted by Gasteiger charge is 2.46. The van der Waals surface area contributed by atoms with Crippen molar-refractivity contribution in [1.29, 1.82) is 0 Å². The molecule has 2 amide bonds. The molecule has 0 bridgehead atoms. The third kappa shape index (κ3) is 3.50. The standard InChI is InChI=1S/C20H24N2O5/c23-17(15-6-2-1-3-7-15)22-11-5-4-8-16(22)18(24)21-12-9-20(10-13-21)14-26-19(25)27-20/h1-3,6-7,16H,4-5,8-14H2/t16-/m0/s1. The molecular formula is C20H24N2O5. The maximum absolute atomic E-state index is 13.2. The molecule has 0 radical (unpaired) electrons. The van der Waals surface area contributed by atoms with Gasteiger partial charge in [-0.15, -0.1) is 0 Å². The number of nitrogens with zero attached hydrogens (tertiary/aromatic N) is 2. The highest BCUT2D eigenvalue weighted by Crippen LogP contribution is 2.32. The molecule has 1 atom stereocenters. The zero-order valence-corrected chi connectivity index (χ0v) is 15.3. The second-order valence-electron chi connectivity index (χ2n) is 7.53. The molecule has 3 aliphatic rings. The van der Waals surface area contributed by atoms with Crippen LogP contribution >= 0.6 is 0 Å². The van der Waals surface area contributed by atoms with E-state index in [2.05, 4.69) is 0 Å². The van der Waals surface area contributed by atoms with E-state index in [1.54, 1.807) is 21.9 Å². The van der Waals surface area contributed by atoms with Crippen LogP contribution in [0.4, 0.5) is 4.79 Å². The predicted molar refractivity (Wildman–Crippen MR) is 96.1 cm³/mol. The van der Waals surface area contributed by atoms with Crippen molar-refractivity contribution in [1.82, 2.24) is 9.80 Å². The molecule has 0 saturated carbocycles. The largest absolute Gasteiger partial charge is 0.509 e. The van der Waals surface area contributed by atoms with Crippen LogP contribution in [0.25, 0.3) is 0 Å². The summed E-state index contributed by atoms with van der Waals surface area (Å²) in [5.41, 5.74) is 0.0322. The van der Waals surface area contributed by atoms with Crippen LogP contribution in [0, 0.1) is 0 Å². The summed E-state index contributed by atoms with van der Waals surface area (Å²) < 4.78 is 10.3. The zero-order valence-electron chi connectivity index (χ0n) is 15.3. The van der Waals surface area contributed by atoms with Crippen molar-refractivity contribution >= 4 is 18.0 Å². The van der Waals surface area contributed by atoms with E-state index in [0.29, 0.717) is 44.5 Å². The van der Waals surface area contributed by atoms with Gasteiger partial charge in [0.2, 0.25) is 5.91 Å². The first-order valence-electron chi connectivity index (χ1n) is 9.59. The molecule has 0 aliphatic carbocycles. The van der Waals surface area contributed by atoms with E-state index < -0.39 is 17.8 Å². The van der Waals surface area contributed by atoms with Gasteiger partial charge < -0.3 is 19.3 Å². The fraction of sp³-hybridized carbons (Fsp3) is 0.550. The molecule has 144 valence electrons. The fourth-order valence-electron chi connectivity index (χ4n) is 4.20. The Kier molecular flexibility index (Phi) is 4.76. The van der Waals surface area contributed by atoms with Crippen molar-refractivity contribution in [3.63, 3.8) is 0 Å². The van der Waals surface area contributed by atoms with Crippen LogP contribution in [0.3, 0.4) is 0 Å². The van der Waals surface area contributed by atoms with Crippen LogP contribution < -0.4 is 0 Å². The normalized spacial score (nSPS) is 24.4. The highest BCUT2D eigenvalue weighted by molar-refractivity contribution is 5.97. The van der Waals surface area contributed by atoms with Gasteiger partial charge in [0.25, 0.3) is 5.91 Å². The first-order chi connectivity index (χ1) is 13.1. The Morgan fingerprint density at radius 2 is 1.78 bits per heavy atom. The lowest BCUT2D eigenvalue weighted by molar-refractivity contribution is -0.140. The third-order valence-corrected chi connectivity index (χ3v) is 5.81. The number of hydrogen-bond acceptors (Lipinski definition) is 5. The Morgan fingerprint density at radius 1 is 1.04 bits per heavy atom. The maximum Gasteiger partial charge on any atom is 0.509 e. The number of hydrogen-bond donors (Lipinski definition) is 0. The van der Waals surface area contributed by atoms with Crippen LogP contribution in [0.5, 0.6) is 0 Å². The van der Waals surface area contributed by atoms with Gasteiger partial charge in [-0.1, -0.05) is 18.2 Å². The van der Waals surface area contributed by atoms with Gasteiger partial charge in [-0.05, 0) is 31.4 Å². The van der Waals surface area contributed by atoms with Gasteiger partial charge in [0.15, 0.2) is 5.60 Å². The maximum atomic E-state index is 13.2. The van der Waals surface area contributed by atoms with Gasteiger partial charge >= 0.3 is 6.16 Å². The quantitative estimate of drug-likeness (QED) is 0.744. The molecule has 0 N–H and O–H groups in total. The van der Waals surface area contributed by atoms with Gasteiger partial charge in [-0.25, -0.2) is 4.79 Å². The summed E-state index contributed by atoms with van der Waals surface area (Å²) >= 11 is 0. The number of likely N-dealkylation sites (tertiary alicyclic amines) is 2. The van der Waals surface area contributed by atoms with Crippen molar-refractivity contribution in [3.05, 3.63) is 35.9 Å². The van der Waals surface area contributed by atoms with E-state index in [-0.39, 0.29) is 18.4 Å². The van der Waals surface area contributed by atoms with Crippen molar-refractivity contribution in [2.75, 3.05) is 26.2 Å². The summed E-state index contributed by atoms with van der Waals surface area (Å²) in [6.07, 6.45) is 3.07. The molecule has 1 spiro atoms. The molecule has 4 rings (SSSR count). The summed E-state index contributed by atoms with van der Waals surface area (Å²) in [6.45, 7) is 1.89. The summed E-state index contributed by atoms with van der Waals surface area (Å²) in [6, 6.07) is 8.71. The van der Waals surface area contributed by atoms with E-state index in [9.17, 15) is 14.4 Å². The van der Waals surface area contributed by atoms with Crippen LogP contribution in [0.1, 0.15) is 42.5 Å². The molecular weight excluding hydrogens is 348 g/mol. The number of carbonyl (C=O) groups excluding carboxylic acids is 3. The van der Waals surface area contributed by atoms with E-state index in [0.717, 1.165) is 12.8 Å². The first kappa shape index (κ1) is 17.8. The molecule has 0 aromatic heterocycles. The minimum atomic E-state index is -0.623. The minimum Gasteiger partial charge on any atom is -0.430 e. The Balaban J connectivity index is 1.44. The van der Waals surface area contributed by atoms with Crippen molar-refractivity contribution < 1.29 is 23.9 Å². The van der Waals surface area contributed by atoms with Crippen LogP contribution in [-0.4, -0.2) is 65.7 Å². The molecule has 3 aliphatic heterocycles. The molecule has 1 aromatic rings. The van der Waals surface area contributed by atoms with Gasteiger partial charge in [-0.3, -0.25) is 9.59 Å². The second kappa shape index (κ2) is 7.21. The summed E-state index contributed by atoms with van der Waals surface area (Å²) in [4.78, 5) is 40.9. The van der Waals surface area contributed by atoms with E-state index >= 15 is 0 Å². The fourth-order valence-corrected chi connectivity index (χ4v) is 4.20. The van der Waals surface area contributed by atoms with E-state index in [1.165, 1.54) is 0 Å². The highest BCUT2D eigenvalue weighted by atomic mass is 16.8. The Hall–Kier alpha value is -2.57. The molecule has 3 heterocycles. The second-order valence-corrected chi connectivity index (χ2v) is 7.53. The number of rotatable bonds is 2. The topological polar surface area (TPSA) is 76.2 Å². The van der Waals surface area contributed by atoms with E-state index in [1.807, 2.05) is 18.2 Å². The zero-order chi connectivity index (χ0) is 18.9. The van der Waals surface area contributed by atoms with Crippen molar-refractivity contribution in [3.8, 4) is 0 Å².